The van der Waals surface area contributed by atoms with Gasteiger partial charge in [-0.05, 0) is 12.1 Å². The molecular formula is C10H9ClN4O. The lowest BCUT2D eigenvalue weighted by atomic mass is 10.3. The molecule has 5 nitrogen and oxygen atoms in total. The van der Waals surface area contributed by atoms with Crippen LogP contribution in [0.1, 0.15) is 5.69 Å². The van der Waals surface area contributed by atoms with Crippen LogP contribution in [-0.4, -0.2) is 27.0 Å². The van der Waals surface area contributed by atoms with Gasteiger partial charge in [-0.15, -0.1) is 0 Å². The van der Waals surface area contributed by atoms with Crippen molar-refractivity contribution in [1.29, 1.82) is 0 Å². The second-order valence-electron chi connectivity index (χ2n) is 3.03. The zero-order chi connectivity index (χ0) is 11.4. The molecule has 0 amide bonds. The number of halogens is 1. The van der Waals surface area contributed by atoms with E-state index in [0.29, 0.717) is 23.3 Å². The van der Waals surface area contributed by atoms with Crippen molar-refractivity contribution >= 4 is 11.6 Å². The van der Waals surface area contributed by atoms with Crippen LogP contribution >= 0.6 is 11.6 Å². The van der Waals surface area contributed by atoms with Crippen LogP contribution < -0.4 is 0 Å². The Kier molecular flexibility index (Phi) is 3.38. The molecule has 0 aliphatic heterocycles. The number of rotatable bonds is 3. The Morgan fingerprint density at radius 2 is 2.25 bits per heavy atom. The van der Waals surface area contributed by atoms with Crippen LogP contribution in [0.3, 0.4) is 0 Å². The number of ether oxygens (including phenoxy) is 1. The molecule has 0 unspecified atom stereocenters. The topological polar surface area (TPSA) is 60.8 Å². The van der Waals surface area contributed by atoms with Crippen LogP contribution in [0.15, 0.2) is 24.7 Å². The van der Waals surface area contributed by atoms with Crippen LogP contribution in [0.5, 0.6) is 0 Å². The fraction of sp³-hybridized carbons (Fsp3) is 0.200. The summed E-state index contributed by atoms with van der Waals surface area (Å²) < 4.78 is 4.99. The van der Waals surface area contributed by atoms with Gasteiger partial charge in [0, 0.05) is 13.3 Å². The molecule has 6 heteroatoms. The van der Waals surface area contributed by atoms with Gasteiger partial charge in [-0.1, -0.05) is 11.6 Å². The third-order valence-electron chi connectivity index (χ3n) is 1.85. The lowest BCUT2D eigenvalue weighted by Crippen LogP contribution is -1.98. The van der Waals surface area contributed by atoms with Crippen molar-refractivity contribution in [1.82, 2.24) is 19.9 Å². The fourth-order valence-electron chi connectivity index (χ4n) is 1.22. The summed E-state index contributed by atoms with van der Waals surface area (Å²) in [5.74, 6) is 0.474. The standard InChI is InChI=1S/C10H9ClN4O/c1-16-5-7-4-9(11)15-10(14-7)8-2-3-12-6-13-8/h2-4,6H,5H2,1H3. The van der Waals surface area contributed by atoms with E-state index in [4.69, 9.17) is 16.3 Å². The largest absolute Gasteiger partial charge is 0.378 e. The highest BCUT2D eigenvalue weighted by molar-refractivity contribution is 6.29. The van der Waals surface area contributed by atoms with E-state index in [9.17, 15) is 0 Å². The van der Waals surface area contributed by atoms with Crippen molar-refractivity contribution in [2.24, 2.45) is 0 Å². The van der Waals surface area contributed by atoms with Gasteiger partial charge in [0.05, 0.1) is 12.3 Å². The molecule has 2 aromatic heterocycles. The van der Waals surface area contributed by atoms with Gasteiger partial charge in [-0.25, -0.2) is 19.9 Å². The zero-order valence-corrected chi connectivity index (χ0v) is 9.35. The van der Waals surface area contributed by atoms with Gasteiger partial charge in [0.25, 0.3) is 0 Å². The molecule has 0 N–H and O–H groups in total. The Labute approximate surface area is 97.5 Å². The molecule has 0 bridgehead atoms. The summed E-state index contributed by atoms with van der Waals surface area (Å²) in [7, 11) is 1.60. The van der Waals surface area contributed by atoms with E-state index in [2.05, 4.69) is 19.9 Å². The molecule has 0 spiro atoms. The molecule has 82 valence electrons. The van der Waals surface area contributed by atoms with Crippen molar-refractivity contribution < 1.29 is 4.74 Å². The normalized spacial score (nSPS) is 10.4. The average molecular weight is 237 g/mol. The number of hydrogen-bond donors (Lipinski definition) is 0. The summed E-state index contributed by atoms with van der Waals surface area (Å²) in [6.07, 6.45) is 3.07. The summed E-state index contributed by atoms with van der Waals surface area (Å²) in [6, 6.07) is 3.39. The van der Waals surface area contributed by atoms with Crippen LogP contribution in [0.4, 0.5) is 0 Å². The summed E-state index contributed by atoms with van der Waals surface area (Å²) in [5, 5.41) is 0.371. The maximum atomic E-state index is 5.89. The lowest BCUT2D eigenvalue weighted by molar-refractivity contribution is 0.181. The second-order valence-corrected chi connectivity index (χ2v) is 3.42. The first kappa shape index (κ1) is 10.9. The highest BCUT2D eigenvalue weighted by Gasteiger charge is 2.06. The van der Waals surface area contributed by atoms with E-state index >= 15 is 0 Å². The van der Waals surface area contributed by atoms with Crippen molar-refractivity contribution in [3.05, 3.63) is 35.5 Å². The van der Waals surface area contributed by atoms with Gasteiger partial charge in [0.1, 0.15) is 17.2 Å². The highest BCUT2D eigenvalue weighted by Crippen LogP contribution is 2.15. The van der Waals surface area contributed by atoms with Crippen molar-refractivity contribution in [3.63, 3.8) is 0 Å². The third-order valence-corrected chi connectivity index (χ3v) is 2.04. The molecule has 0 aliphatic rings. The molecule has 0 aliphatic carbocycles. The molecule has 2 rings (SSSR count). The van der Waals surface area contributed by atoms with Crippen LogP contribution in [-0.2, 0) is 11.3 Å². The first-order valence-electron chi connectivity index (χ1n) is 4.58. The minimum Gasteiger partial charge on any atom is -0.378 e. The first-order chi connectivity index (χ1) is 7.79. The highest BCUT2D eigenvalue weighted by atomic mass is 35.5. The number of hydrogen-bond acceptors (Lipinski definition) is 5. The Bertz CT molecular complexity index is 478. The van der Waals surface area contributed by atoms with Crippen molar-refractivity contribution in [3.8, 4) is 11.5 Å². The fourth-order valence-corrected chi connectivity index (χ4v) is 1.43. The molecule has 0 saturated heterocycles. The summed E-state index contributed by atoms with van der Waals surface area (Å²) in [4.78, 5) is 16.3. The van der Waals surface area contributed by atoms with Crippen molar-refractivity contribution in [2.45, 2.75) is 6.61 Å². The van der Waals surface area contributed by atoms with Gasteiger partial charge in [0.15, 0.2) is 5.82 Å². The number of aromatic nitrogens is 4. The zero-order valence-electron chi connectivity index (χ0n) is 8.59. The average Bonchev–Trinajstić information content (AvgIpc) is 2.30. The van der Waals surface area contributed by atoms with E-state index in [0.717, 1.165) is 5.69 Å². The summed E-state index contributed by atoms with van der Waals surface area (Å²) in [6.45, 7) is 0.389. The second kappa shape index (κ2) is 4.96. The molecule has 2 aromatic rings. The number of methoxy groups -OCH3 is 1. The Balaban J connectivity index is 2.41. The molecule has 0 radical (unpaired) electrons. The van der Waals surface area contributed by atoms with E-state index in [1.54, 1.807) is 25.4 Å². The minimum atomic E-state index is 0.371. The van der Waals surface area contributed by atoms with E-state index in [1.807, 2.05) is 0 Å². The Morgan fingerprint density at radius 3 is 2.94 bits per heavy atom. The first-order valence-corrected chi connectivity index (χ1v) is 4.96. The summed E-state index contributed by atoms with van der Waals surface area (Å²) >= 11 is 5.89. The minimum absolute atomic E-state index is 0.371. The predicted octanol–water partition coefficient (Wildman–Crippen LogP) is 1.73. The van der Waals surface area contributed by atoms with Crippen LogP contribution in [0.2, 0.25) is 5.15 Å². The van der Waals surface area contributed by atoms with Gasteiger partial charge in [-0.2, -0.15) is 0 Å². The number of nitrogens with zero attached hydrogens (tertiary/aromatic N) is 4. The summed E-state index contributed by atoms with van der Waals surface area (Å²) in [5.41, 5.74) is 1.35. The molecule has 2 heterocycles. The monoisotopic (exact) mass is 236 g/mol. The molecule has 0 atom stereocenters. The Morgan fingerprint density at radius 1 is 1.38 bits per heavy atom. The maximum absolute atomic E-state index is 5.89. The third kappa shape index (κ3) is 2.50. The molecule has 0 saturated carbocycles. The molecule has 0 aromatic carbocycles. The van der Waals surface area contributed by atoms with E-state index in [1.165, 1.54) is 6.33 Å². The molecule has 0 fully saturated rings. The quantitative estimate of drug-likeness (QED) is 0.760. The van der Waals surface area contributed by atoms with Crippen LogP contribution in [0, 0.1) is 0 Å². The maximum Gasteiger partial charge on any atom is 0.180 e. The van der Waals surface area contributed by atoms with Gasteiger partial charge in [-0.3, -0.25) is 0 Å². The molecular weight excluding hydrogens is 228 g/mol. The predicted molar refractivity (Wildman–Crippen MR) is 58.8 cm³/mol. The van der Waals surface area contributed by atoms with E-state index in [-0.39, 0.29) is 0 Å². The molecule has 16 heavy (non-hydrogen) atoms. The lowest BCUT2D eigenvalue weighted by Gasteiger charge is -2.03. The van der Waals surface area contributed by atoms with Crippen molar-refractivity contribution in [2.75, 3.05) is 7.11 Å². The van der Waals surface area contributed by atoms with Crippen LogP contribution in [0.25, 0.3) is 11.5 Å². The van der Waals surface area contributed by atoms with E-state index < -0.39 is 0 Å². The van der Waals surface area contributed by atoms with Gasteiger partial charge < -0.3 is 4.74 Å². The smallest absolute Gasteiger partial charge is 0.180 e. The SMILES string of the molecule is COCc1cc(Cl)nc(-c2ccncn2)n1. The van der Waals surface area contributed by atoms with Gasteiger partial charge >= 0.3 is 0 Å². The van der Waals surface area contributed by atoms with Gasteiger partial charge in [0.2, 0.25) is 0 Å². The Hall–Kier alpha value is -1.59.